The summed E-state index contributed by atoms with van der Waals surface area (Å²) in [5, 5.41) is 14.9. The maximum absolute atomic E-state index is 8.90. The summed E-state index contributed by atoms with van der Waals surface area (Å²) in [6, 6.07) is 2.13. The first-order valence-corrected chi connectivity index (χ1v) is 4.13. The van der Waals surface area contributed by atoms with Crippen molar-refractivity contribution in [3.05, 3.63) is 18.0 Å². The zero-order valence-electron chi connectivity index (χ0n) is 7.76. The molecule has 0 aromatic carbocycles. The smallest absolute Gasteiger partial charge is 0.104 e. The Bertz CT molecular complexity index is 327. The van der Waals surface area contributed by atoms with Gasteiger partial charge in [0, 0.05) is 13.6 Å². The Kier molecular flexibility index (Phi) is 3.09. The van der Waals surface area contributed by atoms with E-state index >= 15 is 0 Å². The number of pyridine rings is 1. The third-order valence-electron chi connectivity index (χ3n) is 1.69. The van der Waals surface area contributed by atoms with Crippen molar-refractivity contribution in [2.75, 3.05) is 24.2 Å². The Hall–Kier alpha value is -1.76. The van der Waals surface area contributed by atoms with Crippen LogP contribution < -0.4 is 10.6 Å². The fourth-order valence-electron chi connectivity index (χ4n) is 1.10. The van der Waals surface area contributed by atoms with Gasteiger partial charge in [0.25, 0.3) is 0 Å². The van der Waals surface area contributed by atoms with Gasteiger partial charge in [-0.15, -0.1) is 0 Å². The maximum Gasteiger partial charge on any atom is 0.104 e. The monoisotopic (exact) mass is 176 g/mol. The van der Waals surface area contributed by atoms with E-state index in [2.05, 4.69) is 21.7 Å². The summed E-state index contributed by atoms with van der Waals surface area (Å²) in [6.07, 6.45) is 3.29. The average molecular weight is 176 g/mol. The SMILES string of the molecule is CCNc1cncc(NC)c1C#N. The highest BCUT2D eigenvalue weighted by Crippen LogP contribution is 2.20. The molecule has 0 aliphatic rings. The summed E-state index contributed by atoms with van der Waals surface area (Å²) < 4.78 is 0. The lowest BCUT2D eigenvalue weighted by molar-refractivity contribution is 1.18. The summed E-state index contributed by atoms with van der Waals surface area (Å²) in [5.74, 6) is 0. The number of anilines is 2. The van der Waals surface area contributed by atoms with E-state index in [4.69, 9.17) is 5.26 Å². The van der Waals surface area contributed by atoms with Crippen LogP contribution in [-0.2, 0) is 0 Å². The van der Waals surface area contributed by atoms with Crippen LogP contribution in [0.3, 0.4) is 0 Å². The molecule has 0 bridgehead atoms. The molecule has 0 aliphatic carbocycles. The Morgan fingerprint density at radius 2 is 2.15 bits per heavy atom. The third-order valence-corrected chi connectivity index (χ3v) is 1.69. The van der Waals surface area contributed by atoms with Gasteiger partial charge in [0.05, 0.1) is 23.8 Å². The van der Waals surface area contributed by atoms with E-state index in [9.17, 15) is 0 Å². The first-order chi connectivity index (χ1) is 6.33. The molecule has 0 unspecified atom stereocenters. The van der Waals surface area contributed by atoms with Crippen molar-refractivity contribution in [3.8, 4) is 6.07 Å². The van der Waals surface area contributed by atoms with Crippen LogP contribution in [-0.4, -0.2) is 18.6 Å². The highest BCUT2D eigenvalue weighted by atomic mass is 14.9. The molecule has 4 heteroatoms. The van der Waals surface area contributed by atoms with Gasteiger partial charge < -0.3 is 10.6 Å². The van der Waals surface area contributed by atoms with Gasteiger partial charge in [-0.25, -0.2) is 0 Å². The van der Waals surface area contributed by atoms with E-state index in [1.54, 1.807) is 19.4 Å². The van der Waals surface area contributed by atoms with E-state index < -0.39 is 0 Å². The lowest BCUT2D eigenvalue weighted by Gasteiger charge is -2.08. The minimum absolute atomic E-state index is 0.611. The van der Waals surface area contributed by atoms with Gasteiger partial charge in [0.15, 0.2) is 0 Å². The highest BCUT2D eigenvalue weighted by Gasteiger charge is 2.05. The Morgan fingerprint density at radius 3 is 2.69 bits per heavy atom. The fourth-order valence-corrected chi connectivity index (χ4v) is 1.10. The molecule has 0 atom stereocenters. The fraction of sp³-hybridized carbons (Fsp3) is 0.333. The van der Waals surface area contributed by atoms with Crippen LogP contribution in [0.2, 0.25) is 0 Å². The summed E-state index contributed by atoms with van der Waals surface area (Å²) in [4.78, 5) is 4.01. The average Bonchev–Trinajstić information content (AvgIpc) is 2.18. The maximum atomic E-state index is 8.90. The summed E-state index contributed by atoms with van der Waals surface area (Å²) in [6.45, 7) is 2.76. The number of nitrogens with zero attached hydrogens (tertiary/aromatic N) is 2. The van der Waals surface area contributed by atoms with Crippen LogP contribution in [0.4, 0.5) is 11.4 Å². The molecule has 0 radical (unpaired) electrons. The van der Waals surface area contributed by atoms with E-state index in [1.807, 2.05) is 6.92 Å². The minimum atomic E-state index is 0.611. The number of nitriles is 1. The van der Waals surface area contributed by atoms with Crippen molar-refractivity contribution in [3.63, 3.8) is 0 Å². The molecular weight excluding hydrogens is 164 g/mol. The summed E-state index contributed by atoms with van der Waals surface area (Å²) >= 11 is 0. The van der Waals surface area contributed by atoms with Crippen LogP contribution in [0.15, 0.2) is 12.4 Å². The van der Waals surface area contributed by atoms with E-state index in [-0.39, 0.29) is 0 Å². The van der Waals surface area contributed by atoms with Crippen molar-refractivity contribution in [2.24, 2.45) is 0 Å². The van der Waals surface area contributed by atoms with Crippen molar-refractivity contribution in [1.29, 1.82) is 5.26 Å². The predicted octanol–water partition coefficient (Wildman–Crippen LogP) is 1.43. The van der Waals surface area contributed by atoms with Crippen LogP contribution in [0.5, 0.6) is 0 Å². The molecule has 0 saturated carbocycles. The normalized spacial score (nSPS) is 9.00. The number of nitrogens with one attached hydrogen (secondary N) is 2. The standard InChI is InChI=1S/C9H12N4/c1-3-13-9-6-12-5-8(11-2)7(9)4-10/h5-6,11,13H,3H2,1-2H3. The van der Waals surface area contributed by atoms with Crippen LogP contribution in [0.25, 0.3) is 0 Å². The molecular formula is C9H12N4. The first kappa shape index (κ1) is 9.33. The van der Waals surface area contributed by atoms with Gasteiger partial charge >= 0.3 is 0 Å². The van der Waals surface area contributed by atoms with E-state index in [0.29, 0.717) is 5.56 Å². The van der Waals surface area contributed by atoms with Gasteiger partial charge in [-0.2, -0.15) is 5.26 Å². The molecule has 1 heterocycles. The number of aromatic nitrogens is 1. The largest absolute Gasteiger partial charge is 0.386 e. The second-order valence-corrected chi connectivity index (χ2v) is 2.50. The van der Waals surface area contributed by atoms with Gasteiger partial charge in [0.2, 0.25) is 0 Å². The second-order valence-electron chi connectivity index (χ2n) is 2.50. The Morgan fingerprint density at radius 1 is 1.46 bits per heavy atom. The predicted molar refractivity (Wildman–Crippen MR) is 52.7 cm³/mol. The quantitative estimate of drug-likeness (QED) is 0.731. The van der Waals surface area contributed by atoms with Crippen LogP contribution in [0.1, 0.15) is 12.5 Å². The zero-order valence-corrected chi connectivity index (χ0v) is 7.76. The molecule has 0 aliphatic heterocycles. The molecule has 1 aromatic rings. The zero-order chi connectivity index (χ0) is 9.68. The van der Waals surface area contributed by atoms with Crippen molar-refractivity contribution in [1.82, 2.24) is 4.98 Å². The molecule has 1 rings (SSSR count). The lowest BCUT2D eigenvalue weighted by Crippen LogP contribution is -2.02. The number of hydrogen-bond donors (Lipinski definition) is 2. The van der Waals surface area contributed by atoms with Crippen molar-refractivity contribution < 1.29 is 0 Å². The highest BCUT2D eigenvalue weighted by molar-refractivity contribution is 5.69. The van der Waals surface area contributed by atoms with Gasteiger partial charge in [-0.3, -0.25) is 4.98 Å². The number of hydrogen-bond acceptors (Lipinski definition) is 4. The summed E-state index contributed by atoms with van der Waals surface area (Å²) in [7, 11) is 1.77. The van der Waals surface area contributed by atoms with Crippen LogP contribution in [0, 0.1) is 11.3 Å². The molecule has 13 heavy (non-hydrogen) atoms. The van der Waals surface area contributed by atoms with E-state index in [0.717, 1.165) is 17.9 Å². The minimum Gasteiger partial charge on any atom is -0.386 e. The van der Waals surface area contributed by atoms with Crippen molar-refractivity contribution >= 4 is 11.4 Å². The molecule has 0 saturated heterocycles. The molecule has 1 aromatic heterocycles. The molecule has 0 amide bonds. The van der Waals surface area contributed by atoms with Crippen LogP contribution >= 0.6 is 0 Å². The molecule has 2 N–H and O–H groups in total. The molecule has 0 spiro atoms. The lowest BCUT2D eigenvalue weighted by atomic mass is 10.2. The summed E-state index contributed by atoms with van der Waals surface area (Å²) in [5.41, 5.74) is 2.14. The molecule has 0 fully saturated rings. The second kappa shape index (κ2) is 4.31. The van der Waals surface area contributed by atoms with Gasteiger partial charge in [-0.1, -0.05) is 0 Å². The third kappa shape index (κ3) is 1.88. The van der Waals surface area contributed by atoms with Crippen molar-refractivity contribution in [2.45, 2.75) is 6.92 Å². The molecule has 68 valence electrons. The number of rotatable bonds is 3. The van der Waals surface area contributed by atoms with Gasteiger partial charge in [-0.05, 0) is 6.92 Å². The Labute approximate surface area is 77.6 Å². The first-order valence-electron chi connectivity index (χ1n) is 4.13. The topological polar surface area (TPSA) is 60.7 Å². The Balaban J connectivity index is 3.13. The van der Waals surface area contributed by atoms with Gasteiger partial charge in [0.1, 0.15) is 11.6 Å². The molecule has 4 nitrogen and oxygen atoms in total. The van der Waals surface area contributed by atoms with E-state index in [1.165, 1.54) is 0 Å².